The van der Waals surface area contributed by atoms with E-state index in [1.165, 1.54) is 19.3 Å². The van der Waals surface area contributed by atoms with Crippen molar-refractivity contribution in [2.45, 2.75) is 53.0 Å². The van der Waals surface area contributed by atoms with Crippen molar-refractivity contribution in [3.05, 3.63) is 0 Å². The topological polar surface area (TPSA) is 12.0 Å². The molecule has 1 heteroatoms. The summed E-state index contributed by atoms with van der Waals surface area (Å²) in [6.07, 6.45) is 3.86. The molecular formula is C9H23N. The fraction of sp³-hybridized carbons (Fsp3) is 1.00. The van der Waals surface area contributed by atoms with E-state index in [0.29, 0.717) is 6.04 Å². The van der Waals surface area contributed by atoms with Crippen LogP contribution in [0.5, 0.6) is 0 Å². The summed E-state index contributed by atoms with van der Waals surface area (Å²) in [4.78, 5) is 0. The zero-order valence-electron chi connectivity index (χ0n) is 8.20. The highest BCUT2D eigenvalue weighted by molar-refractivity contribution is 4.49. The third-order valence-corrected chi connectivity index (χ3v) is 1.61. The van der Waals surface area contributed by atoms with Crippen LogP contribution in [0, 0.1) is 0 Å². The van der Waals surface area contributed by atoms with Gasteiger partial charge in [-0.3, -0.25) is 0 Å². The Kier molecular flexibility index (Phi) is 14.8. The molecule has 0 radical (unpaired) electrons. The highest BCUT2D eigenvalue weighted by Gasteiger charge is 1.86. The van der Waals surface area contributed by atoms with Gasteiger partial charge in [-0.25, -0.2) is 0 Å². The van der Waals surface area contributed by atoms with Crippen LogP contribution in [-0.2, 0) is 0 Å². The van der Waals surface area contributed by atoms with E-state index < -0.39 is 0 Å². The Labute approximate surface area is 66.2 Å². The Hall–Kier alpha value is -0.0400. The summed E-state index contributed by atoms with van der Waals surface area (Å²) in [5.74, 6) is 0. The number of hydrogen-bond donors (Lipinski definition) is 1. The summed E-state index contributed by atoms with van der Waals surface area (Å²) in [5.41, 5.74) is 0. The molecule has 0 saturated carbocycles. The van der Waals surface area contributed by atoms with E-state index in [1.807, 2.05) is 7.05 Å². The van der Waals surface area contributed by atoms with Gasteiger partial charge in [0.1, 0.15) is 0 Å². The van der Waals surface area contributed by atoms with Gasteiger partial charge in [0.2, 0.25) is 0 Å². The van der Waals surface area contributed by atoms with E-state index in [-0.39, 0.29) is 0 Å². The Balaban J connectivity index is 0. The predicted octanol–water partition coefficient (Wildman–Crippen LogP) is 2.81. The molecule has 64 valence electrons. The highest BCUT2D eigenvalue weighted by atomic mass is 14.8. The lowest BCUT2D eigenvalue weighted by Crippen LogP contribution is -2.19. The largest absolute Gasteiger partial charge is 0.317 e. The average Bonchev–Trinajstić information content (AvgIpc) is 2.03. The third-order valence-electron chi connectivity index (χ3n) is 1.61. The van der Waals surface area contributed by atoms with Crippen molar-refractivity contribution >= 4 is 0 Å². The van der Waals surface area contributed by atoms with Crippen LogP contribution in [0.3, 0.4) is 0 Å². The molecule has 0 aliphatic rings. The summed E-state index contributed by atoms with van der Waals surface area (Å²) in [6.45, 7) is 8.70. The van der Waals surface area contributed by atoms with Gasteiger partial charge in [0.25, 0.3) is 0 Å². The zero-order chi connectivity index (χ0) is 8.41. The lowest BCUT2D eigenvalue weighted by Gasteiger charge is -2.02. The van der Waals surface area contributed by atoms with Crippen LogP contribution in [0.15, 0.2) is 0 Å². The van der Waals surface area contributed by atoms with Crippen molar-refractivity contribution in [1.82, 2.24) is 5.32 Å². The average molecular weight is 145 g/mol. The molecule has 0 aromatic carbocycles. The summed E-state index contributed by atoms with van der Waals surface area (Å²) in [5, 5.41) is 3.11. The SMILES string of the molecule is CCC(C)NC.CCCC. The molecule has 0 heterocycles. The fourth-order valence-corrected chi connectivity index (χ4v) is 0.204. The minimum atomic E-state index is 0.685. The first kappa shape index (κ1) is 12.6. The van der Waals surface area contributed by atoms with Crippen LogP contribution >= 0.6 is 0 Å². The van der Waals surface area contributed by atoms with Gasteiger partial charge >= 0.3 is 0 Å². The smallest absolute Gasteiger partial charge is 0.00331 e. The molecule has 10 heavy (non-hydrogen) atoms. The molecule has 1 atom stereocenters. The maximum atomic E-state index is 3.11. The lowest BCUT2D eigenvalue weighted by molar-refractivity contribution is 0.593. The lowest BCUT2D eigenvalue weighted by atomic mass is 10.3. The van der Waals surface area contributed by atoms with Crippen molar-refractivity contribution in [3.63, 3.8) is 0 Å². The van der Waals surface area contributed by atoms with Gasteiger partial charge in [-0.05, 0) is 20.4 Å². The van der Waals surface area contributed by atoms with E-state index in [0.717, 1.165) is 0 Å². The fourth-order valence-electron chi connectivity index (χ4n) is 0.204. The number of nitrogens with one attached hydrogen (secondary N) is 1. The molecule has 0 aromatic rings. The van der Waals surface area contributed by atoms with Gasteiger partial charge in [0, 0.05) is 6.04 Å². The summed E-state index contributed by atoms with van der Waals surface area (Å²) < 4.78 is 0. The van der Waals surface area contributed by atoms with E-state index in [1.54, 1.807) is 0 Å². The first-order valence-corrected chi connectivity index (χ1v) is 4.40. The monoisotopic (exact) mass is 145 g/mol. The van der Waals surface area contributed by atoms with Crippen LogP contribution in [-0.4, -0.2) is 13.1 Å². The summed E-state index contributed by atoms with van der Waals surface area (Å²) >= 11 is 0. The Morgan fingerprint density at radius 3 is 1.50 bits per heavy atom. The van der Waals surface area contributed by atoms with E-state index in [4.69, 9.17) is 0 Å². The van der Waals surface area contributed by atoms with E-state index in [9.17, 15) is 0 Å². The molecule has 0 spiro atoms. The van der Waals surface area contributed by atoms with Crippen molar-refractivity contribution in [2.75, 3.05) is 7.05 Å². The maximum absolute atomic E-state index is 3.11. The molecule has 1 unspecified atom stereocenters. The highest BCUT2D eigenvalue weighted by Crippen LogP contribution is 1.82. The molecule has 0 rings (SSSR count). The van der Waals surface area contributed by atoms with Crippen molar-refractivity contribution in [1.29, 1.82) is 0 Å². The molecule has 0 amide bonds. The van der Waals surface area contributed by atoms with Gasteiger partial charge in [-0.15, -0.1) is 0 Å². The van der Waals surface area contributed by atoms with Gasteiger partial charge in [0.05, 0.1) is 0 Å². The first-order chi connectivity index (χ1) is 4.72. The van der Waals surface area contributed by atoms with E-state index in [2.05, 4.69) is 33.0 Å². The van der Waals surface area contributed by atoms with Crippen molar-refractivity contribution < 1.29 is 0 Å². The summed E-state index contributed by atoms with van der Waals surface area (Å²) in [7, 11) is 1.98. The second-order valence-electron chi connectivity index (χ2n) is 2.60. The predicted molar refractivity (Wildman–Crippen MR) is 49.4 cm³/mol. The normalized spacial score (nSPS) is 11.7. The van der Waals surface area contributed by atoms with Crippen LogP contribution < -0.4 is 5.32 Å². The second kappa shape index (κ2) is 11.7. The van der Waals surface area contributed by atoms with Gasteiger partial charge < -0.3 is 5.32 Å². The van der Waals surface area contributed by atoms with Gasteiger partial charge in [-0.1, -0.05) is 33.6 Å². The number of rotatable bonds is 3. The number of unbranched alkanes of at least 4 members (excludes halogenated alkanes) is 1. The maximum Gasteiger partial charge on any atom is 0.00331 e. The van der Waals surface area contributed by atoms with Crippen LogP contribution in [0.1, 0.15) is 47.0 Å². The summed E-state index contributed by atoms with van der Waals surface area (Å²) in [6, 6.07) is 0.685. The minimum absolute atomic E-state index is 0.685. The van der Waals surface area contributed by atoms with Gasteiger partial charge in [0.15, 0.2) is 0 Å². The van der Waals surface area contributed by atoms with Crippen molar-refractivity contribution in [3.8, 4) is 0 Å². The van der Waals surface area contributed by atoms with Crippen LogP contribution in [0.4, 0.5) is 0 Å². The van der Waals surface area contributed by atoms with E-state index >= 15 is 0 Å². The first-order valence-electron chi connectivity index (χ1n) is 4.40. The Morgan fingerprint density at radius 2 is 1.50 bits per heavy atom. The van der Waals surface area contributed by atoms with Gasteiger partial charge in [-0.2, -0.15) is 0 Å². The molecule has 0 aliphatic heterocycles. The molecule has 1 nitrogen and oxygen atoms in total. The van der Waals surface area contributed by atoms with Crippen LogP contribution in [0.2, 0.25) is 0 Å². The molecule has 0 aliphatic carbocycles. The Morgan fingerprint density at radius 1 is 1.10 bits per heavy atom. The minimum Gasteiger partial charge on any atom is -0.317 e. The molecule has 0 fully saturated rings. The molecular weight excluding hydrogens is 122 g/mol. The second-order valence-corrected chi connectivity index (χ2v) is 2.60. The Bertz CT molecular complexity index is 38.0. The van der Waals surface area contributed by atoms with Crippen molar-refractivity contribution in [2.24, 2.45) is 0 Å². The quantitative estimate of drug-likeness (QED) is 0.644. The molecule has 0 saturated heterocycles. The number of hydrogen-bond acceptors (Lipinski definition) is 1. The molecule has 0 bridgehead atoms. The van der Waals surface area contributed by atoms with Crippen LogP contribution in [0.25, 0.3) is 0 Å². The zero-order valence-corrected chi connectivity index (χ0v) is 8.20. The standard InChI is InChI=1S/C5H13N.C4H10/c1-4-5(2)6-3;1-3-4-2/h5-6H,4H2,1-3H3;3-4H2,1-2H3. The molecule has 1 N–H and O–H groups in total. The molecule has 0 aromatic heterocycles. The third kappa shape index (κ3) is 15.7.